The third-order valence-corrected chi connectivity index (χ3v) is 26.3. The van der Waals surface area contributed by atoms with E-state index in [2.05, 4.69) is 389 Å². The fourth-order valence-corrected chi connectivity index (χ4v) is 20.7. The van der Waals surface area contributed by atoms with Gasteiger partial charge in [0.25, 0.3) is 0 Å². The normalized spacial score (nSPS) is 14.9. The average molecular weight is 1520 g/mol. The number of hydrogen-bond donors (Lipinski definition) is 0. The van der Waals surface area contributed by atoms with E-state index in [1.807, 2.05) is 42.7 Å². The highest BCUT2D eigenvalue weighted by atomic mass is 19.1. The van der Waals surface area contributed by atoms with Gasteiger partial charge in [0.1, 0.15) is 17.0 Å². The maximum Gasteiger partial charge on any atom is 0.137 e. The van der Waals surface area contributed by atoms with Gasteiger partial charge in [0.05, 0.1) is 22.1 Å². The molecule has 0 fully saturated rings. The fraction of sp³-hybridized carbons (Fsp3) is 0.108. The molecule has 6 nitrogen and oxygen atoms in total. The van der Waals surface area contributed by atoms with E-state index in [9.17, 15) is 4.39 Å². The monoisotopic (exact) mass is 1520 g/mol. The van der Waals surface area contributed by atoms with Crippen molar-refractivity contribution in [3.63, 3.8) is 0 Å². The summed E-state index contributed by atoms with van der Waals surface area (Å²) >= 11 is 0. The molecule has 0 saturated carbocycles. The van der Waals surface area contributed by atoms with Crippen LogP contribution in [0.3, 0.4) is 0 Å². The Kier molecular flexibility index (Phi) is 15.8. The van der Waals surface area contributed by atoms with E-state index < -0.39 is 0 Å². The number of aromatic nitrogens is 3. The number of halogens is 1. The summed E-state index contributed by atoms with van der Waals surface area (Å²) in [5.41, 5.74) is 38.2. The van der Waals surface area contributed by atoms with Crippen molar-refractivity contribution in [3.05, 3.63) is 415 Å². The van der Waals surface area contributed by atoms with Gasteiger partial charge in [0.2, 0.25) is 0 Å². The van der Waals surface area contributed by atoms with Crippen LogP contribution in [0.4, 0.5) is 38.5 Å². The van der Waals surface area contributed by atoms with Gasteiger partial charge >= 0.3 is 0 Å². The molecular formula is C111H84FN5O. The van der Waals surface area contributed by atoms with Crippen molar-refractivity contribution >= 4 is 122 Å². The largest absolute Gasteiger partial charge is 0.456 e. The van der Waals surface area contributed by atoms with Gasteiger partial charge < -0.3 is 23.4 Å². The summed E-state index contributed by atoms with van der Waals surface area (Å²) in [6.45, 7) is 19.2. The number of pyridine rings is 1. The average Bonchev–Trinajstić information content (AvgIpc) is 1.53. The molecule has 4 aliphatic rings. The second-order valence-electron chi connectivity index (χ2n) is 34.4. The molecule has 0 aliphatic heterocycles. The standard InChI is InChI=1S/C56H43FN2.C55H41N3O/c1-55(2)49-16-10-8-15-46(49)53-54(55)47-32-30-44(35-50(47)56(53,3)4)58(41-26-20-39(21-27-41)37-18-24-40(57)25-19-37)43-31-33-52-48(34-43)45-14-9-11-17-51(45)59(52)42-28-22-38(23-29-42)36-12-6-5-7-13-36;1-54(2)46-16-8-5-15-43(46)52-53(54)44-27-24-38(31-47(44)55(52,3)4)57(36-21-19-34(20-22-36)35-12-11-29-56-33-35)37-25-28-49-45(30-37)40-13-6-9-17-48(40)58(49)39-23-26-42-41-14-7-10-18-50(41)59-51(42)32-39/h5-35H,1-4H3;5-33H,1-4H3. The Bertz CT molecular complexity index is 7400. The van der Waals surface area contributed by atoms with E-state index in [4.69, 9.17) is 4.42 Å². The molecule has 0 amide bonds. The summed E-state index contributed by atoms with van der Waals surface area (Å²) in [4.78, 5) is 9.21. The summed E-state index contributed by atoms with van der Waals surface area (Å²) < 4.78 is 25.0. The summed E-state index contributed by atoms with van der Waals surface area (Å²) in [5, 5.41) is 7.07. The van der Waals surface area contributed by atoms with Gasteiger partial charge in [-0.2, -0.15) is 0 Å². The van der Waals surface area contributed by atoms with E-state index in [1.54, 1.807) is 0 Å². The maximum atomic E-state index is 13.9. The van der Waals surface area contributed by atoms with E-state index in [0.717, 1.165) is 106 Å². The minimum Gasteiger partial charge on any atom is -0.456 e. The first-order valence-corrected chi connectivity index (χ1v) is 41.1. The molecule has 4 aromatic heterocycles. The summed E-state index contributed by atoms with van der Waals surface area (Å²) in [6.07, 6.45) is 3.75. The lowest BCUT2D eigenvalue weighted by Gasteiger charge is -2.31. The second-order valence-corrected chi connectivity index (χ2v) is 34.4. The molecule has 566 valence electrons. The van der Waals surface area contributed by atoms with Crippen molar-refractivity contribution in [1.82, 2.24) is 14.1 Å². The Hall–Kier alpha value is -14.1. The van der Waals surface area contributed by atoms with Crippen LogP contribution in [0.1, 0.15) is 99.9 Å². The third-order valence-electron chi connectivity index (χ3n) is 26.3. The van der Waals surface area contributed by atoms with Crippen molar-refractivity contribution in [2.45, 2.75) is 77.0 Å². The SMILES string of the molecule is CC1(C)C2=C(c3ccccc31)C(C)(C)c1cc(N(c3ccc(-c4ccc(F)cc4)cc3)c3ccc4c(c3)c3ccccc3n4-c3ccc(-c4ccccc4)cc3)ccc12.CC1(C)C2=C(c3ccccc31)C(C)(C)c1cc(N(c3ccc(-c4cccnc4)cc3)c3ccc4c(c3)c3ccccc3n4-c3ccc4c(c3)oc3ccccc34)ccc12. The Labute approximate surface area is 686 Å². The molecule has 4 heterocycles. The van der Waals surface area contributed by atoms with Gasteiger partial charge in [-0.3, -0.25) is 4.98 Å². The van der Waals surface area contributed by atoms with Gasteiger partial charge in [-0.05, 0) is 246 Å². The number of nitrogens with zero attached hydrogens (tertiary/aromatic N) is 5. The van der Waals surface area contributed by atoms with Crippen LogP contribution in [0, 0.1) is 5.82 Å². The number of fused-ring (bicyclic) bond motifs is 17. The zero-order valence-corrected chi connectivity index (χ0v) is 67.2. The van der Waals surface area contributed by atoms with Gasteiger partial charge in [-0.15, -0.1) is 0 Å². The van der Waals surface area contributed by atoms with Gasteiger partial charge in [-0.25, -0.2) is 4.39 Å². The topological polar surface area (TPSA) is 42.4 Å². The Morgan fingerprint density at radius 3 is 1.14 bits per heavy atom. The zero-order chi connectivity index (χ0) is 79.7. The van der Waals surface area contributed by atoms with E-state index in [-0.39, 0.29) is 27.5 Å². The fourth-order valence-electron chi connectivity index (χ4n) is 20.7. The summed E-state index contributed by atoms with van der Waals surface area (Å²) in [5.74, 6) is -0.232. The molecule has 15 aromatic carbocycles. The van der Waals surface area contributed by atoms with Crippen LogP contribution in [-0.4, -0.2) is 14.1 Å². The van der Waals surface area contributed by atoms with Crippen molar-refractivity contribution in [2.75, 3.05) is 9.80 Å². The first-order chi connectivity index (χ1) is 57.4. The number of benzene rings is 15. The van der Waals surface area contributed by atoms with Crippen molar-refractivity contribution in [3.8, 4) is 44.8 Å². The van der Waals surface area contributed by atoms with Crippen molar-refractivity contribution in [1.29, 1.82) is 0 Å². The van der Waals surface area contributed by atoms with E-state index in [0.29, 0.717) is 0 Å². The first-order valence-electron chi connectivity index (χ1n) is 41.1. The van der Waals surface area contributed by atoms with Crippen LogP contribution >= 0.6 is 0 Å². The Balaban J connectivity index is 0.000000142. The molecular weight excluding hydrogens is 1440 g/mol. The number of anilines is 6. The van der Waals surface area contributed by atoms with Crippen LogP contribution in [0.5, 0.6) is 0 Å². The number of hydrogen-bond acceptors (Lipinski definition) is 4. The lowest BCUT2D eigenvalue weighted by atomic mass is 9.75. The molecule has 0 unspecified atom stereocenters. The molecule has 0 bridgehead atoms. The molecule has 23 rings (SSSR count). The minimum absolute atomic E-state index is 0.0774. The smallest absolute Gasteiger partial charge is 0.137 e. The molecule has 0 atom stereocenters. The highest BCUT2D eigenvalue weighted by Gasteiger charge is 2.51. The summed E-state index contributed by atoms with van der Waals surface area (Å²) in [6, 6.07) is 126. The summed E-state index contributed by atoms with van der Waals surface area (Å²) in [7, 11) is 0. The Morgan fingerprint density at radius 1 is 0.263 bits per heavy atom. The molecule has 19 aromatic rings. The van der Waals surface area contributed by atoms with Crippen LogP contribution in [0.15, 0.2) is 369 Å². The van der Waals surface area contributed by atoms with Gasteiger partial charge in [0, 0.05) is 118 Å². The first kappa shape index (κ1) is 70.5. The lowest BCUT2D eigenvalue weighted by Crippen LogP contribution is -2.20. The van der Waals surface area contributed by atoms with Crippen LogP contribution in [-0.2, 0) is 21.7 Å². The second kappa shape index (κ2) is 26.5. The third kappa shape index (κ3) is 10.8. The highest BCUT2D eigenvalue weighted by molar-refractivity contribution is 6.15. The highest BCUT2D eigenvalue weighted by Crippen LogP contribution is 2.65. The maximum absolute atomic E-state index is 13.9. The Morgan fingerprint density at radius 2 is 0.627 bits per heavy atom. The number of furan rings is 1. The van der Waals surface area contributed by atoms with Crippen LogP contribution in [0.2, 0.25) is 0 Å². The van der Waals surface area contributed by atoms with Gasteiger partial charge in [-0.1, -0.05) is 256 Å². The van der Waals surface area contributed by atoms with Crippen LogP contribution < -0.4 is 9.80 Å². The zero-order valence-electron chi connectivity index (χ0n) is 67.2. The molecule has 0 N–H and O–H groups in total. The van der Waals surface area contributed by atoms with E-state index in [1.165, 1.54) is 117 Å². The number of rotatable bonds is 11. The lowest BCUT2D eigenvalue weighted by molar-refractivity contribution is 0.628. The predicted octanol–water partition coefficient (Wildman–Crippen LogP) is 29.9. The molecule has 118 heavy (non-hydrogen) atoms. The number of para-hydroxylation sites is 3. The van der Waals surface area contributed by atoms with Crippen molar-refractivity contribution < 1.29 is 8.81 Å². The minimum atomic E-state index is -0.232. The molecule has 0 radical (unpaired) electrons. The van der Waals surface area contributed by atoms with Crippen LogP contribution in [0.25, 0.3) is 133 Å². The molecule has 4 aliphatic carbocycles. The molecule has 7 heteroatoms. The number of allylic oxidation sites excluding steroid dienone is 4. The molecule has 0 spiro atoms. The molecule has 0 saturated heterocycles. The van der Waals surface area contributed by atoms with E-state index >= 15 is 0 Å². The quantitative estimate of drug-likeness (QED) is 0.129. The predicted molar refractivity (Wildman–Crippen MR) is 491 cm³/mol. The van der Waals surface area contributed by atoms with Gasteiger partial charge in [0.15, 0.2) is 0 Å². The van der Waals surface area contributed by atoms with Crippen molar-refractivity contribution in [2.24, 2.45) is 0 Å².